The average Bonchev–Trinajstić information content (AvgIpc) is 2.60. The lowest BCUT2D eigenvalue weighted by atomic mass is 10.1. The van der Waals surface area contributed by atoms with Gasteiger partial charge in [0.25, 0.3) is 0 Å². The van der Waals surface area contributed by atoms with Gasteiger partial charge in [0.2, 0.25) is 0 Å². The maximum absolute atomic E-state index is 5.94. The number of aromatic amines is 1. The highest BCUT2D eigenvalue weighted by Crippen LogP contribution is 2.35. The zero-order chi connectivity index (χ0) is 11.7. The minimum absolute atomic E-state index is 0.649. The Morgan fingerprint density at radius 1 is 1.44 bits per heavy atom. The van der Waals surface area contributed by atoms with Crippen LogP contribution in [0.4, 0.5) is 5.69 Å². The van der Waals surface area contributed by atoms with Crippen LogP contribution in [0.15, 0.2) is 22.7 Å². The molecule has 0 aliphatic rings. The third kappa shape index (κ3) is 1.78. The average molecular weight is 282 g/mol. The summed E-state index contributed by atoms with van der Waals surface area (Å²) in [6.07, 6.45) is 0. The van der Waals surface area contributed by atoms with Crippen molar-refractivity contribution in [1.29, 1.82) is 0 Å². The number of methoxy groups -OCH3 is 1. The van der Waals surface area contributed by atoms with E-state index in [9.17, 15) is 0 Å². The molecule has 0 bridgehead atoms. The van der Waals surface area contributed by atoms with E-state index < -0.39 is 0 Å². The Morgan fingerprint density at radius 3 is 2.75 bits per heavy atom. The van der Waals surface area contributed by atoms with Gasteiger partial charge in [0.1, 0.15) is 11.4 Å². The minimum atomic E-state index is 0.649. The summed E-state index contributed by atoms with van der Waals surface area (Å²) in [6, 6.07) is 5.73. The molecule has 1 aromatic heterocycles. The summed E-state index contributed by atoms with van der Waals surface area (Å²) >= 11 is 3.42. The summed E-state index contributed by atoms with van der Waals surface area (Å²) in [5.41, 5.74) is 9.04. The van der Waals surface area contributed by atoms with Gasteiger partial charge in [0.15, 0.2) is 0 Å². The molecular formula is C11H12BrN3O. The number of rotatable bonds is 2. The fourth-order valence-electron chi connectivity index (χ4n) is 1.51. The molecule has 0 aliphatic heterocycles. The molecule has 2 rings (SSSR count). The van der Waals surface area contributed by atoms with Crippen LogP contribution in [0.3, 0.4) is 0 Å². The second-order valence-corrected chi connectivity index (χ2v) is 4.37. The lowest BCUT2D eigenvalue weighted by Gasteiger charge is -2.07. The number of nitrogens with one attached hydrogen (secondary N) is 1. The number of anilines is 1. The van der Waals surface area contributed by atoms with Crippen LogP contribution in [0.1, 0.15) is 5.69 Å². The van der Waals surface area contributed by atoms with E-state index in [1.165, 1.54) is 0 Å². The van der Waals surface area contributed by atoms with Crippen LogP contribution >= 0.6 is 15.9 Å². The standard InChI is InChI=1S/C11H12BrN3O/c1-6-10(13)11(15-14-6)8-5-7(12)3-4-9(8)16-2/h3-5H,13H2,1-2H3,(H,14,15). The zero-order valence-electron chi connectivity index (χ0n) is 9.04. The van der Waals surface area contributed by atoms with Crippen LogP contribution in [0.25, 0.3) is 11.3 Å². The lowest BCUT2D eigenvalue weighted by Crippen LogP contribution is -1.92. The van der Waals surface area contributed by atoms with E-state index >= 15 is 0 Å². The zero-order valence-corrected chi connectivity index (χ0v) is 10.6. The molecular weight excluding hydrogens is 270 g/mol. The van der Waals surface area contributed by atoms with Crippen LogP contribution in [-0.4, -0.2) is 17.3 Å². The van der Waals surface area contributed by atoms with Gasteiger partial charge in [-0.1, -0.05) is 15.9 Å². The van der Waals surface area contributed by atoms with Crippen molar-refractivity contribution in [2.45, 2.75) is 6.92 Å². The molecule has 4 nitrogen and oxygen atoms in total. The molecule has 0 radical (unpaired) electrons. The highest BCUT2D eigenvalue weighted by molar-refractivity contribution is 9.10. The molecule has 16 heavy (non-hydrogen) atoms. The first-order chi connectivity index (χ1) is 7.63. The number of ether oxygens (including phenoxy) is 1. The second kappa shape index (κ2) is 4.17. The van der Waals surface area contributed by atoms with Crippen molar-refractivity contribution < 1.29 is 4.74 Å². The summed E-state index contributed by atoms with van der Waals surface area (Å²) in [5, 5.41) is 7.04. The first-order valence-corrected chi connectivity index (χ1v) is 5.57. The molecule has 0 atom stereocenters. The molecule has 0 unspecified atom stereocenters. The molecule has 5 heteroatoms. The van der Waals surface area contributed by atoms with Gasteiger partial charge in [-0.05, 0) is 25.1 Å². The summed E-state index contributed by atoms with van der Waals surface area (Å²) in [4.78, 5) is 0. The molecule has 3 N–H and O–H groups in total. The Balaban J connectivity index is 2.62. The highest BCUT2D eigenvalue weighted by atomic mass is 79.9. The molecule has 0 aliphatic carbocycles. The van der Waals surface area contributed by atoms with Crippen LogP contribution in [-0.2, 0) is 0 Å². The Labute approximate surface area is 102 Å². The van der Waals surface area contributed by atoms with E-state index in [1.54, 1.807) is 7.11 Å². The molecule has 0 spiro atoms. The quantitative estimate of drug-likeness (QED) is 0.890. The Bertz CT molecular complexity index is 522. The van der Waals surface area contributed by atoms with E-state index in [0.717, 1.165) is 27.2 Å². The highest BCUT2D eigenvalue weighted by Gasteiger charge is 2.14. The van der Waals surface area contributed by atoms with Crippen LogP contribution in [0.5, 0.6) is 5.75 Å². The van der Waals surface area contributed by atoms with Crippen molar-refractivity contribution in [3.8, 4) is 17.0 Å². The third-order valence-corrected chi connectivity index (χ3v) is 2.90. The first kappa shape index (κ1) is 11.0. The van der Waals surface area contributed by atoms with Gasteiger partial charge >= 0.3 is 0 Å². The van der Waals surface area contributed by atoms with E-state index in [-0.39, 0.29) is 0 Å². The number of nitrogens with zero attached hydrogens (tertiary/aromatic N) is 1. The normalized spacial score (nSPS) is 10.4. The van der Waals surface area contributed by atoms with Crippen LogP contribution in [0, 0.1) is 6.92 Å². The molecule has 0 fully saturated rings. The number of nitrogen functional groups attached to an aromatic ring is 1. The van der Waals surface area contributed by atoms with Gasteiger partial charge in [-0.2, -0.15) is 5.10 Å². The number of hydrogen-bond acceptors (Lipinski definition) is 3. The minimum Gasteiger partial charge on any atom is -0.496 e. The van der Waals surface area contributed by atoms with E-state index in [4.69, 9.17) is 10.5 Å². The number of benzene rings is 1. The van der Waals surface area contributed by atoms with Crippen molar-refractivity contribution >= 4 is 21.6 Å². The topological polar surface area (TPSA) is 63.9 Å². The predicted octanol–water partition coefficient (Wildman–Crippen LogP) is 2.74. The maximum atomic E-state index is 5.94. The maximum Gasteiger partial charge on any atom is 0.128 e. The predicted molar refractivity (Wildman–Crippen MR) is 67.4 cm³/mol. The van der Waals surface area contributed by atoms with Crippen molar-refractivity contribution in [3.63, 3.8) is 0 Å². The van der Waals surface area contributed by atoms with Gasteiger partial charge in [-0.3, -0.25) is 5.10 Å². The van der Waals surface area contributed by atoms with Crippen molar-refractivity contribution in [2.24, 2.45) is 0 Å². The van der Waals surface area contributed by atoms with E-state index in [0.29, 0.717) is 5.69 Å². The molecule has 1 aromatic carbocycles. The number of aromatic nitrogens is 2. The number of nitrogens with two attached hydrogens (primary N) is 1. The van der Waals surface area contributed by atoms with E-state index in [2.05, 4.69) is 26.1 Å². The summed E-state index contributed by atoms with van der Waals surface area (Å²) < 4.78 is 6.25. The van der Waals surface area contributed by atoms with Gasteiger partial charge in [-0.15, -0.1) is 0 Å². The number of aryl methyl sites for hydroxylation is 1. The Morgan fingerprint density at radius 2 is 2.19 bits per heavy atom. The smallest absolute Gasteiger partial charge is 0.128 e. The Hall–Kier alpha value is -1.49. The van der Waals surface area contributed by atoms with Crippen molar-refractivity contribution in [1.82, 2.24) is 10.2 Å². The van der Waals surface area contributed by atoms with Crippen molar-refractivity contribution in [2.75, 3.05) is 12.8 Å². The molecule has 0 amide bonds. The fourth-order valence-corrected chi connectivity index (χ4v) is 1.87. The Kier molecular flexibility index (Phi) is 2.87. The third-order valence-electron chi connectivity index (χ3n) is 2.41. The largest absolute Gasteiger partial charge is 0.496 e. The van der Waals surface area contributed by atoms with Crippen LogP contribution < -0.4 is 10.5 Å². The summed E-state index contributed by atoms with van der Waals surface area (Å²) in [7, 11) is 1.63. The van der Waals surface area contributed by atoms with Gasteiger partial charge in [0, 0.05) is 10.0 Å². The van der Waals surface area contributed by atoms with Crippen molar-refractivity contribution in [3.05, 3.63) is 28.4 Å². The monoisotopic (exact) mass is 281 g/mol. The van der Waals surface area contributed by atoms with E-state index in [1.807, 2.05) is 25.1 Å². The summed E-state index contributed by atoms with van der Waals surface area (Å²) in [6.45, 7) is 1.89. The second-order valence-electron chi connectivity index (χ2n) is 3.46. The molecule has 0 saturated heterocycles. The molecule has 0 saturated carbocycles. The van der Waals surface area contributed by atoms with Crippen LogP contribution in [0.2, 0.25) is 0 Å². The van der Waals surface area contributed by atoms with Gasteiger partial charge in [-0.25, -0.2) is 0 Å². The first-order valence-electron chi connectivity index (χ1n) is 4.78. The molecule has 2 aromatic rings. The lowest BCUT2D eigenvalue weighted by molar-refractivity contribution is 0.416. The molecule has 1 heterocycles. The summed E-state index contributed by atoms with van der Waals surface area (Å²) in [5.74, 6) is 0.751. The SMILES string of the molecule is COc1ccc(Br)cc1-c1n[nH]c(C)c1N. The fraction of sp³-hybridized carbons (Fsp3) is 0.182. The molecule has 84 valence electrons. The number of halogens is 1. The van der Waals surface area contributed by atoms with Gasteiger partial charge in [0.05, 0.1) is 18.5 Å². The number of H-pyrrole nitrogens is 1. The van der Waals surface area contributed by atoms with Gasteiger partial charge < -0.3 is 10.5 Å². The number of hydrogen-bond donors (Lipinski definition) is 2.